The van der Waals surface area contributed by atoms with Crippen LogP contribution in [0.5, 0.6) is 0 Å². The van der Waals surface area contributed by atoms with E-state index in [1.807, 2.05) is 0 Å². The van der Waals surface area contributed by atoms with Crippen LogP contribution >= 0.6 is 0 Å². The maximum absolute atomic E-state index is 2.52. The van der Waals surface area contributed by atoms with Gasteiger partial charge in [0.05, 0.1) is 0 Å². The average molecular weight is 403 g/mol. The zero-order chi connectivity index (χ0) is 18.7. The standard InChI is InChI=1S/C16H27N2.2C3H7.Ga/c1-5-17(6-2)13-15-10-9-11-16(12-15)14-18(7-3)8-4;2*1-3-2;/h9-10,12-14H,5-8,11H2,1-4H3;2*1,3H2,2H3;/b15-13-,16-14+;;;. The molecule has 0 fully saturated rings. The van der Waals surface area contributed by atoms with Gasteiger partial charge in [-0.2, -0.15) is 0 Å². The van der Waals surface area contributed by atoms with Crippen molar-refractivity contribution in [1.82, 2.24) is 9.80 Å². The number of rotatable bonds is 11. The van der Waals surface area contributed by atoms with E-state index >= 15 is 0 Å². The number of allylic oxidation sites excluding steroid dienone is 4. The van der Waals surface area contributed by atoms with Crippen LogP contribution in [0.1, 0.15) is 60.8 Å². The molecule has 1 aliphatic rings. The predicted octanol–water partition coefficient (Wildman–Crippen LogP) is 6.08. The fourth-order valence-electron chi connectivity index (χ4n) is 4.08. The molecule has 0 saturated carbocycles. The molecule has 25 heavy (non-hydrogen) atoms. The van der Waals surface area contributed by atoms with Gasteiger partial charge in [-0.3, -0.25) is 0 Å². The first-order valence-electron chi connectivity index (χ1n) is 10.7. The molecule has 0 amide bonds. The van der Waals surface area contributed by atoms with Crippen molar-refractivity contribution >= 4 is 16.2 Å². The molecule has 0 aromatic rings. The summed E-state index contributed by atoms with van der Waals surface area (Å²) < 4.78 is 0.776. The molecule has 0 aliphatic heterocycles. The number of hydrogen-bond acceptors (Lipinski definition) is 2. The third-order valence-corrected chi connectivity index (χ3v) is 14.7. The van der Waals surface area contributed by atoms with Crippen LogP contribution in [0.3, 0.4) is 0 Å². The fourth-order valence-corrected chi connectivity index (χ4v) is 12.5. The van der Waals surface area contributed by atoms with Crippen LogP contribution in [0.2, 0.25) is 14.4 Å². The summed E-state index contributed by atoms with van der Waals surface area (Å²) in [5.41, 5.74) is 3.32. The second-order valence-corrected chi connectivity index (χ2v) is 14.2. The summed E-state index contributed by atoms with van der Waals surface area (Å²) in [6.45, 7) is 18.3. The summed E-state index contributed by atoms with van der Waals surface area (Å²) in [6, 6.07) is 0. The van der Waals surface area contributed by atoms with Crippen molar-refractivity contribution in [3.63, 3.8) is 0 Å². The molecule has 3 heteroatoms. The van der Waals surface area contributed by atoms with Crippen molar-refractivity contribution in [2.75, 3.05) is 26.2 Å². The second kappa shape index (κ2) is 12.8. The fraction of sp³-hybridized carbons (Fsp3) is 0.727. The first-order valence-corrected chi connectivity index (χ1v) is 15.5. The van der Waals surface area contributed by atoms with E-state index in [1.165, 1.54) is 22.8 Å². The topological polar surface area (TPSA) is 6.48 Å². The van der Waals surface area contributed by atoms with E-state index in [0.717, 1.165) is 37.1 Å². The van der Waals surface area contributed by atoms with Crippen LogP contribution in [-0.2, 0) is 0 Å². The minimum atomic E-state index is -1.39. The molecule has 0 bridgehead atoms. The molecule has 1 rings (SSSR count). The van der Waals surface area contributed by atoms with Crippen molar-refractivity contribution in [2.45, 2.75) is 75.2 Å². The second-order valence-electron chi connectivity index (χ2n) is 7.20. The van der Waals surface area contributed by atoms with Crippen LogP contribution in [0.4, 0.5) is 0 Å². The summed E-state index contributed by atoms with van der Waals surface area (Å²) in [5.74, 6) is 0. The molecule has 0 aromatic carbocycles. The van der Waals surface area contributed by atoms with Gasteiger partial charge < -0.3 is 0 Å². The van der Waals surface area contributed by atoms with Gasteiger partial charge in [0.15, 0.2) is 0 Å². The zero-order valence-electron chi connectivity index (χ0n) is 17.7. The van der Waals surface area contributed by atoms with E-state index in [2.05, 4.69) is 75.9 Å². The van der Waals surface area contributed by atoms with Gasteiger partial charge in [-0.25, -0.2) is 0 Å². The molecule has 1 aliphatic carbocycles. The zero-order valence-corrected chi connectivity index (χ0v) is 20.1. The van der Waals surface area contributed by atoms with Crippen molar-refractivity contribution in [2.24, 2.45) is 0 Å². The number of nitrogens with zero attached hydrogens (tertiary/aromatic N) is 2. The molecule has 1 unspecified atom stereocenters. The summed E-state index contributed by atoms with van der Waals surface area (Å²) in [7, 11) is 0. The third kappa shape index (κ3) is 6.94. The molecule has 0 saturated heterocycles. The van der Waals surface area contributed by atoms with Gasteiger partial charge >= 0.3 is 163 Å². The van der Waals surface area contributed by atoms with Gasteiger partial charge in [-0.05, 0) is 0 Å². The van der Waals surface area contributed by atoms with Gasteiger partial charge in [0, 0.05) is 0 Å². The molecule has 0 heterocycles. The van der Waals surface area contributed by atoms with Gasteiger partial charge in [0.1, 0.15) is 0 Å². The predicted molar refractivity (Wildman–Crippen MR) is 115 cm³/mol. The van der Waals surface area contributed by atoms with Crippen molar-refractivity contribution < 1.29 is 0 Å². The van der Waals surface area contributed by atoms with E-state index < -0.39 is 16.2 Å². The number of hydrogen-bond donors (Lipinski definition) is 0. The molecule has 0 radical (unpaired) electrons. The molecule has 0 aromatic heterocycles. The Morgan fingerprint density at radius 1 is 0.880 bits per heavy atom. The van der Waals surface area contributed by atoms with Crippen molar-refractivity contribution in [3.8, 4) is 0 Å². The van der Waals surface area contributed by atoms with Gasteiger partial charge in [0.25, 0.3) is 0 Å². The maximum atomic E-state index is 2.52. The quantitative estimate of drug-likeness (QED) is 0.386. The van der Waals surface area contributed by atoms with Crippen molar-refractivity contribution in [3.05, 3.63) is 35.7 Å². The summed E-state index contributed by atoms with van der Waals surface area (Å²) in [4.78, 5) is 8.01. The van der Waals surface area contributed by atoms with Gasteiger partial charge in [0.2, 0.25) is 0 Å². The van der Waals surface area contributed by atoms with E-state index in [1.54, 1.807) is 11.1 Å². The molecule has 2 nitrogen and oxygen atoms in total. The van der Waals surface area contributed by atoms with E-state index in [0.29, 0.717) is 0 Å². The van der Waals surface area contributed by atoms with E-state index in [9.17, 15) is 0 Å². The van der Waals surface area contributed by atoms with Crippen molar-refractivity contribution in [1.29, 1.82) is 0 Å². The molecule has 0 N–H and O–H groups in total. The molecular formula is C22H41GaN2. The Morgan fingerprint density at radius 3 is 1.88 bits per heavy atom. The average Bonchev–Trinajstić information content (AvgIpc) is 2.64. The Hall–Kier alpha value is -0.544. The first kappa shape index (κ1) is 22.5. The van der Waals surface area contributed by atoms with E-state index in [4.69, 9.17) is 0 Å². The Morgan fingerprint density at radius 2 is 1.40 bits per heavy atom. The Labute approximate surface area is 163 Å². The Balaban J connectivity index is 3.29. The summed E-state index contributed by atoms with van der Waals surface area (Å²) >= 11 is -1.39. The van der Waals surface area contributed by atoms with Gasteiger partial charge in [-0.15, -0.1) is 0 Å². The monoisotopic (exact) mass is 402 g/mol. The molecule has 1 atom stereocenters. The molecule has 0 spiro atoms. The van der Waals surface area contributed by atoms with Crippen LogP contribution < -0.4 is 0 Å². The first-order chi connectivity index (χ1) is 12.1. The molecule has 142 valence electrons. The molecular weight excluding hydrogens is 362 g/mol. The third-order valence-electron chi connectivity index (χ3n) is 5.52. The van der Waals surface area contributed by atoms with E-state index in [-0.39, 0.29) is 0 Å². The van der Waals surface area contributed by atoms with Crippen LogP contribution in [-0.4, -0.2) is 52.2 Å². The van der Waals surface area contributed by atoms with Crippen LogP contribution in [0, 0.1) is 0 Å². The van der Waals surface area contributed by atoms with Gasteiger partial charge in [-0.1, -0.05) is 0 Å². The summed E-state index contributed by atoms with van der Waals surface area (Å²) in [6.07, 6.45) is 13.7. The normalized spacial score (nSPS) is 20.3. The Bertz CT molecular complexity index is 439. The minimum absolute atomic E-state index is 0.776. The van der Waals surface area contributed by atoms with Crippen LogP contribution in [0.25, 0.3) is 0 Å². The Kier molecular flexibility index (Phi) is 11.5. The SMILES string of the molecule is CC[CH2][Ga]([CH2]CC)[CH]1/C(=C\N(CC)CC)C=CC/C1=C\N(CC)CC. The summed E-state index contributed by atoms with van der Waals surface area (Å²) in [5, 5.41) is 0. The van der Waals surface area contributed by atoms with Crippen LogP contribution in [0.15, 0.2) is 35.7 Å².